The zero-order chi connectivity index (χ0) is 55.5. The van der Waals surface area contributed by atoms with Gasteiger partial charge in [-0.2, -0.15) is 0 Å². The van der Waals surface area contributed by atoms with E-state index in [0.29, 0.717) is 19.3 Å². The first-order chi connectivity index (χ1) is 37.2. The van der Waals surface area contributed by atoms with Crippen LogP contribution in [0.25, 0.3) is 0 Å². The van der Waals surface area contributed by atoms with Gasteiger partial charge in [0.25, 0.3) is 0 Å². The summed E-state index contributed by atoms with van der Waals surface area (Å²) >= 11 is 0. The number of carbonyl (C=O) groups is 3. The summed E-state index contributed by atoms with van der Waals surface area (Å²) in [7, 11) is -4.75. The van der Waals surface area contributed by atoms with Gasteiger partial charge in [-0.25, -0.2) is 4.57 Å². The van der Waals surface area contributed by atoms with Gasteiger partial charge < -0.3 is 24.2 Å². The minimum Gasteiger partial charge on any atom is -0.462 e. The van der Waals surface area contributed by atoms with Gasteiger partial charge in [-0.3, -0.25) is 23.4 Å². The van der Waals surface area contributed by atoms with Gasteiger partial charge in [-0.1, -0.05) is 249 Å². The van der Waals surface area contributed by atoms with Crippen LogP contribution in [0.2, 0.25) is 0 Å². The Bertz CT molecular complexity index is 1460. The third-order valence-corrected chi connectivity index (χ3v) is 14.7. The van der Waals surface area contributed by atoms with E-state index in [1.807, 2.05) is 0 Å². The molecular formula is C64H117O11P. The van der Waals surface area contributed by atoms with Gasteiger partial charge in [-0.05, 0) is 83.5 Å². The van der Waals surface area contributed by atoms with Crippen molar-refractivity contribution in [2.75, 3.05) is 26.4 Å². The number of phosphoric ester groups is 1. The van der Waals surface area contributed by atoms with Crippen molar-refractivity contribution in [3.05, 3.63) is 48.6 Å². The Balaban J connectivity index is 4.69. The molecule has 2 N–H and O–H groups in total. The van der Waals surface area contributed by atoms with Gasteiger partial charge >= 0.3 is 25.7 Å². The quantitative estimate of drug-likeness (QED) is 0.0197. The fraction of sp³-hybridized carbons (Fsp3) is 0.828. The van der Waals surface area contributed by atoms with Gasteiger partial charge in [0, 0.05) is 19.3 Å². The average molecular weight is 1090 g/mol. The Morgan fingerprint density at radius 3 is 1.00 bits per heavy atom. The topological polar surface area (TPSA) is 155 Å². The van der Waals surface area contributed by atoms with Crippen LogP contribution in [0.1, 0.15) is 303 Å². The Kier molecular flexibility index (Phi) is 56.6. The Morgan fingerprint density at radius 2 is 0.645 bits per heavy atom. The average Bonchev–Trinajstić information content (AvgIpc) is 3.41. The molecule has 0 aromatic rings. The van der Waals surface area contributed by atoms with E-state index in [2.05, 4.69) is 69.4 Å². The normalized spacial score (nSPS) is 13.6. The highest BCUT2D eigenvalue weighted by atomic mass is 31.2. The molecule has 3 unspecified atom stereocenters. The first kappa shape index (κ1) is 73.4. The summed E-state index contributed by atoms with van der Waals surface area (Å²) < 4.78 is 39.6. The van der Waals surface area contributed by atoms with Gasteiger partial charge in [0.1, 0.15) is 12.7 Å². The minimum atomic E-state index is -4.75. The van der Waals surface area contributed by atoms with Crippen molar-refractivity contribution in [1.82, 2.24) is 0 Å². The number of hydrogen-bond acceptors (Lipinski definition) is 10. The van der Waals surface area contributed by atoms with E-state index in [4.69, 9.17) is 23.3 Å². The fourth-order valence-corrected chi connectivity index (χ4v) is 9.67. The van der Waals surface area contributed by atoms with Gasteiger partial charge in [0.05, 0.1) is 19.8 Å². The number of unbranched alkanes of at least 4 members (excludes halogenated alkanes) is 34. The lowest BCUT2D eigenvalue weighted by atomic mass is 10.0. The second-order valence-electron chi connectivity index (χ2n) is 21.2. The summed E-state index contributed by atoms with van der Waals surface area (Å²) in [4.78, 5) is 48.7. The van der Waals surface area contributed by atoms with Crippen molar-refractivity contribution in [2.24, 2.45) is 0 Å². The summed E-state index contributed by atoms with van der Waals surface area (Å²) in [5, 5.41) is 9.85. The molecule has 3 atom stereocenters. The molecule has 0 bridgehead atoms. The first-order valence-electron chi connectivity index (χ1n) is 31.5. The molecule has 12 heteroatoms. The van der Waals surface area contributed by atoms with Crippen molar-refractivity contribution >= 4 is 25.7 Å². The van der Waals surface area contributed by atoms with Crippen LogP contribution < -0.4 is 0 Å². The standard InChI is InChI=1S/C64H117O11P/c1-4-7-10-13-16-19-22-25-28-30-33-36-39-42-45-48-51-54-63(67)74-60(56-65)58-72-76(69,70)73-59-61(57-71-62(66)53-50-47-44-41-38-35-32-27-24-21-18-15-12-9-6-3)75-64(68)55-52-49-46-43-40-37-34-31-29-26-23-20-17-14-11-8-5-2/h17-18,20-21,26-27,29,32,60-61,65H,4-16,19,22-25,28,30-31,33-59H2,1-3H3,(H,69,70)/b20-17-,21-18-,29-26-,32-27-. The third-order valence-electron chi connectivity index (χ3n) is 13.7. The van der Waals surface area contributed by atoms with E-state index in [1.54, 1.807) is 0 Å². The van der Waals surface area contributed by atoms with Crippen LogP contribution in [-0.2, 0) is 42.2 Å². The number of allylic oxidation sites excluding steroid dienone is 8. The fourth-order valence-electron chi connectivity index (χ4n) is 8.89. The number of rotatable bonds is 59. The molecule has 0 spiro atoms. The number of esters is 3. The van der Waals surface area contributed by atoms with Crippen LogP contribution in [-0.4, -0.2) is 66.5 Å². The van der Waals surface area contributed by atoms with Crippen LogP contribution in [0, 0.1) is 0 Å². The van der Waals surface area contributed by atoms with E-state index in [1.165, 1.54) is 141 Å². The third kappa shape index (κ3) is 56.2. The zero-order valence-corrected chi connectivity index (χ0v) is 50.1. The number of phosphoric acid groups is 1. The highest BCUT2D eigenvalue weighted by Crippen LogP contribution is 2.43. The van der Waals surface area contributed by atoms with E-state index in [0.717, 1.165) is 103 Å². The smallest absolute Gasteiger partial charge is 0.462 e. The van der Waals surface area contributed by atoms with Gasteiger partial charge in [-0.15, -0.1) is 0 Å². The molecule has 0 aliphatic heterocycles. The van der Waals surface area contributed by atoms with Crippen LogP contribution in [0.15, 0.2) is 48.6 Å². The molecule has 0 fully saturated rings. The molecule has 444 valence electrons. The molecular weight excluding hydrogens is 976 g/mol. The number of carbonyl (C=O) groups excluding carboxylic acids is 3. The maximum Gasteiger partial charge on any atom is 0.472 e. The summed E-state index contributed by atoms with van der Waals surface area (Å²) in [6.45, 7) is 4.63. The van der Waals surface area contributed by atoms with E-state index in [9.17, 15) is 28.9 Å². The molecule has 0 radical (unpaired) electrons. The minimum absolute atomic E-state index is 0.157. The predicted molar refractivity (Wildman–Crippen MR) is 316 cm³/mol. The largest absolute Gasteiger partial charge is 0.472 e. The van der Waals surface area contributed by atoms with Crippen molar-refractivity contribution in [3.63, 3.8) is 0 Å². The molecule has 11 nitrogen and oxygen atoms in total. The highest BCUT2D eigenvalue weighted by molar-refractivity contribution is 7.47. The van der Waals surface area contributed by atoms with Crippen molar-refractivity contribution in [1.29, 1.82) is 0 Å². The Hall–Kier alpha value is -2.56. The second kappa shape index (κ2) is 58.6. The molecule has 0 saturated carbocycles. The van der Waals surface area contributed by atoms with Crippen LogP contribution in [0.5, 0.6) is 0 Å². The van der Waals surface area contributed by atoms with E-state index >= 15 is 0 Å². The van der Waals surface area contributed by atoms with E-state index < -0.39 is 57.8 Å². The molecule has 76 heavy (non-hydrogen) atoms. The molecule has 0 saturated heterocycles. The van der Waals surface area contributed by atoms with Crippen LogP contribution in [0.4, 0.5) is 0 Å². The number of aliphatic hydroxyl groups is 1. The summed E-state index contributed by atoms with van der Waals surface area (Å²) in [6.07, 6.45) is 63.4. The molecule has 0 amide bonds. The summed E-state index contributed by atoms with van der Waals surface area (Å²) in [5.41, 5.74) is 0. The Morgan fingerprint density at radius 1 is 0.368 bits per heavy atom. The molecule has 0 aromatic carbocycles. The number of ether oxygens (including phenoxy) is 3. The van der Waals surface area contributed by atoms with Crippen molar-refractivity contribution in [3.8, 4) is 0 Å². The van der Waals surface area contributed by atoms with Crippen LogP contribution in [0.3, 0.4) is 0 Å². The first-order valence-corrected chi connectivity index (χ1v) is 33.0. The monoisotopic (exact) mass is 1090 g/mol. The van der Waals surface area contributed by atoms with Crippen molar-refractivity contribution in [2.45, 2.75) is 315 Å². The van der Waals surface area contributed by atoms with Crippen molar-refractivity contribution < 1.29 is 52.2 Å². The Labute approximate surface area is 466 Å². The highest BCUT2D eigenvalue weighted by Gasteiger charge is 2.28. The molecule has 0 aliphatic rings. The zero-order valence-electron chi connectivity index (χ0n) is 49.2. The molecule has 0 rings (SSSR count). The molecule has 0 aliphatic carbocycles. The second-order valence-corrected chi connectivity index (χ2v) is 22.7. The lowest BCUT2D eigenvalue weighted by Gasteiger charge is -2.21. The van der Waals surface area contributed by atoms with E-state index in [-0.39, 0.29) is 25.9 Å². The molecule has 0 aromatic heterocycles. The lowest BCUT2D eigenvalue weighted by Crippen LogP contribution is -2.30. The van der Waals surface area contributed by atoms with Crippen LogP contribution >= 0.6 is 7.82 Å². The summed E-state index contributed by atoms with van der Waals surface area (Å²) in [5.74, 6) is -1.47. The lowest BCUT2D eigenvalue weighted by molar-refractivity contribution is -0.161. The predicted octanol–water partition coefficient (Wildman–Crippen LogP) is 18.9. The SMILES string of the molecule is CCCCC/C=C\C/C=C\CCCCCCCCCC(=O)OC(COC(=O)CCCCCCC/C=C\C/C=C\CCCCC)COP(=O)(O)OCC(CO)OC(=O)CCCCCCCCCCCCCCCCCCC. The molecule has 0 heterocycles. The number of aliphatic hydroxyl groups excluding tert-OH is 1. The van der Waals surface area contributed by atoms with Gasteiger partial charge in [0.2, 0.25) is 0 Å². The maximum absolute atomic E-state index is 12.9. The summed E-state index contributed by atoms with van der Waals surface area (Å²) in [6, 6.07) is 0. The van der Waals surface area contributed by atoms with Gasteiger partial charge in [0.15, 0.2) is 6.10 Å². The number of hydrogen-bond donors (Lipinski definition) is 2. The maximum atomic E-state index is 12.9.